The maximum atomic E-state index is 6.36. The van der Waals surface area contributed by atoms with Gasteiger partial charge in [0, 0.05) is 0 Å². The largest absolute Gasteiger partial charge is 0.303 e. The minimum absolute atomic E-state index is 0. The summed E-state index contributed by atoms with van der Waals surface area (Å²) < 4.78 is 0. The average molecular weight is 260 g/mol. The molecular weight excluding hydrogens is 241 g/mol. The summed E-state index contributed by atoms with van der Waals surface area (Å²) in [6.07, 6.45) is 3.78. The summed E-state index contributed by atoms with van der Waals surface area (Å²) in [5.74, 6) is 0. The zero-order valence-corrected chi connectivity index (χ0v) is 11.0. The highest BCUT2D eigenvalue weighted by Gasteiger charge is 2.14. The molecule has 1 heterocycles. The number of likely N-dealkylation sites (tertiary alicyclic amines) is 1. The number of nitrogens with zero attached hydrogens (tertiary/aromatic N) is 1. The number of halogens is 2. The lowest BCUT2D eigenvalue weighted by Crippen LogP contribution is -2.21. The van der Waals surface area contributed by atoms with Gasteiger partial charge in [-0.2, -0.15) is 0 Å². The van der Waals surface area contributed by atoms with Gasteiger partial charge >= 0.3 is 0 Å². The molecule has 1 nitrogen and oxygen atoms in total. The van der Waals surface area contributed by atoms with Gasteiger partial charge in [0.1, 0.15) is 0 Å². The summed E-state index contributed by atoms with van der Waals surface area (Å²) in [5.41, 5.74) is 1.25. The van der Waals surface area contributed by atoms with Crippen molar-refractivity contribution in [3.63, 3.8) is 0 Å². The van der Waals surface area contributed by atoms with Crippen LogP contribution in [0.2, 0.25) is 0 Å². The molecule has 0 bridgehead atoms. The third-order valence-corrected chi connectivity index (χ3v) is 3.53. The first-order valence-electron chi connectivity index (χ1n) is 5.77. The van der Waals surface area contributed by atoms with Gasteiger partial charge in [0.15, 0.2) is 0 Å². The zero-order chi connectivity index (χ0) is 10.5. The molecule has 1 saturated heterocycles. The Morgan fingerprint density at radius 2 is 1.75 bits per heavy atom. The lowest BCUT2D eigenvalue weighted by molar-refractivity contribution is 0.332. The molecule has 1 fully saturated rings. The van der Waals surface area contributed by atoms with Crippen LogP contribution in [-0.2, 0) is 0 Å². The van der Waals surface area contributed by atoms with Crippen molar-refractivity contribution in [1.29, 1.82) is 0 Å². The second-order valence-corrected chi connectivity index (χ2v) is 4.74. The highest BCUT2D eigenvalue weighted by Crippen LogP contribution is 2.24. The molecule has 1 aliphatic heterocycles. The van der Waals surface area contributed by atoms with Crippen molar-refractivity contribution in [3.05, 3.63) is 35.9 Å². The van der Waals surface area contributed by atoms with Gasteiger partial charge in [0.2, 0.25) is 0 Å². The van der Waals surface area contributed by atoms with Crippen molar-refractivity contribution in [2.45, 2.75) is 24.6 Å². The molecule has 1 aliphatic rings. The molecule has 90 valence electrons. The normalized spacial score (nSPS) is 18.1. The summed E-state index contributed by atoms with van der Waals surface area (Å²) in [6.45, 7) is 3.67. The molecule has 3 heteroatoms. The van der Waals surface area contributed by atoms with E-state index in [4.69, 9.17) is 11.6 Å². The number of hydrogen-bond donors (Lipinski definition) is 0. The molecule has 0 aliphatic carbocycles. The molecule has 1 unspecified atom stereocenters. The molecule has 0 N–H and O–H groups in total. The Morgan fingerprint density at radius 1 is 1.12 bits per heavy atom. The van der Waals surface area contributed by atoms with E-state index in [2.05, 4.69) is 29.2 Å². The third kappa shape index (κ3) is 3.97. The van der Waals surface area contributed by atoms with Gasteiger partial charge in [-0.1, -0.05) is 30.3 Å². The fraction of sp³-hybridized carbons (Fsp3) is 0.538. The topological polar surface area (TPSA) is 3.24 Å². The van der Waals surface area contributed by atoms with E-state index in [-0.39, 0.29) is 17.8 Å². The molecule has 2 rings (SSSR count). The molecule has 0 aromatic heterocycles. The minimum atomic E-state index is 0. The molecule has 0 radical (unpaired) electrons. The fourth-order valence-corrected chi connectivity index (χ4v) is 2.37. The van der Waals surface area contributed by atoms with E-state index in [1.165, 1.54) is 31.5 Å². The Labute approximate surface area is 109 Å². The third-order valence-electron chi connectivity index (χ3n) is 3.06. The lowest BCUT2D eigenvalue weighted by Gasteiger charge is -2.17. The van der Waals surface area contributed by atoms with Crippen LogP contribution in [0.15, 0.2) is 30.3 Å². The monoisotopic (exact) mass is 259 g/mol. The van der Waals surface area contributed by atoms with Crippen LogP contribution in [0.3, 0.4) is 0 Å². The van der Waals surface area contributed by atoms with Crippen LogP contribution in [0.1, 0.15) is 30.2 Å². The van der Waals surface area contributed by atoms with Crippen LogP contribution in [-0.4, -0.2) is 24.5 Å². The fourth-order valence-electron chi connectivity index (χ4n) is 2.13. The maximum Gasteiger partial charge on any atom is 0.0597 e. The van der Waals surface area contributed by atoms with E-state index in [1.54, 1.807) is 0 Å². The van der Waals surface area contributed by atoms with Crippen molar-refractivity contribution in [2.24, 2.45) is 0 Å². The van der Waals surface area contributed by atoms with Gasteiger partial charge in [-0.15, -0.1) is 24.0 Å². The Balaban J connectivity index is 0.00000128. The van der Waals surface area contributed by atoms with Gasteiger partial charge in [0.05, 0.1) is 5.38 Å². The van der Waals surface area contributed by atoms with E-state index in [0.29, 0.717) is 0 Å². The second-order valence-electron chi connectivity index (χ2n) is 4.22. The van der Waals surface area contributed by atoms with Gasteiger partial charge in [0.25, 0.3) is 0 Å². The Morgan fingerprint density at radius 3 is 2.38 bits per heavy atom. The highest BCUT2D eigenvalue weighted by atomic mass is 35.5. The summed E-state index contributed by atoms with van der Waals surface area (Å²) >= 11 is 6.36. The smallest absolute Gasteiger partial charge is 0.0597 e. The molecule has 0 spiro atoms. The first-order chi connectivity index (χ1) is 7.36. The highest BCUT2D eigenvalue weighted by molar-refractivity contribution is 6.20. The molecule has 16 heavy (non-hydrogen) atoms. The number of rotatable bonds is 4. The quantitative estimate of drug-likeness (QED) is 0.743. The molecular formula is C13H19Cl2N. The first kappa shape index (κ1) is 13.8. The van der Waals surface area contributed by atoms with E-state index in [1.807, 2.05) is 6.07 Å². The van der Waals surface area contributed by atoms with Gasteiger partial charge in [-0.05, 0) is 44.5 Å². The SMILES string of the molecule is Cl.ClC(CCN1CCCC1)c1ccccc1. The van der Waals surface area contributed by atoms with Crippen LogP contribution in [0.4, 0.5) is 0 Å². The second kappa shape index (κ2) is 7.16. The summed E-state index contributed by atoms with van der Waals surface area (Å²) in [7, 11) is 0. The van der Waals surface area contributed by atoms with E-state index in [0.717, 1.165) is 13.0 Å². The van der Waals surface area contributed by atoms with Crippen LogP contribution in [0.25, 0.3) is 0 Å². The van der Waals surface area contributed by atoms with Gasteiger partial charge in [-0.3, -0.25) is 0 Å². The van der Waals surface area contributed by atoms with Gasteiger partial charge < -0.3 is 4.90 Å². The zero-order valence-electron chi connectivity index (χ0n) is 9.44. The minimum Gasteiger partial charge on any atom is -0.303 e. The summed E-state index contributed by atoms with van der Waals surface area (Å²) in [5, 5.41) is 0.173. The van der Waals surface area contributed by atoms with Crippen LogP contribution >= 0.6 is 24.0 Å². The predicted octanol–water partition coefficient (Wildman–Crippen LogP) is 3.87. The first-order valence-corrected chi connectivity index (χ1v) is 6.21. The van der Waals surface area contributed by atoms with E-state index < -0.39 is 0 Å². The van der Waals surface area contributed by atoms with Crippen molar-refractivity contribution in [1.82, 2.24) is 4.90 Å². The van der Waals surface area contributed by atoms with E-state index in [9.17, 15) is 0 Å². The van der Waals surface area contributed by atoms with Crippen molar-refractivity contribution in [3.8, 4) is 0 Å². The average Bonchev–Trinajstić information content (AvgIpc) is 2.80. The Bertz CT molecular complexity index is 283. The van der Waals surface area contributed by atoms with Gasteiger partial charge in [-0.25, -0.2) is 0 Å². The van der Waals surface area contributed by atoms with Crippen LogP contribution in [0.5, 0.6) is 0 Å². The summed E-state index contributed by atoms with van der Waals surface area (Å²) in [4.78, 5) is 2.51. The van der Waals surface area contributed by atoms with Crippen LogP contribution in [0, 0.1) is 0 Å². The Hall–Kier alpha value is -0.240. The van der Waals surface area contributed by atoms with E-state index >= 15 is 0 Å². The number of benzene rings is 1. The molecule has 1 aromatic rings. The predicted molar refractivity (Wildman–Crippen MR) is 72.6 cm³/mol. The van der Waals surface area contributed by atoms with Crippen LogP contribution < -0.4 is 0 Å². The maximum absolute atomic E-state index is 6.36. The number of alkyl halides is 1. The summed E-state index contributed by atoms with van der Waals surface area (Å²) in [6, 6.07) is 10.4. The number of hydrogen-bond acceptors (Lipinski definition) is 1. The molecule has 0 amide bonds. The standard InChI is InChI=1S/C13H18ClN.ClH/c14-13(12-6-2-1-3-7-12)8-11-15-9-4-5-10-15;/h1-3,6-7,13H,4-5,8-11H2;1H. The Kier molecular flexibility index (Phi) is 6.18. The van der Waals surface area contributed by atoms with Crippen molar-refractivity contribution in [2.75, 3.05) is 19.6 Å². The molecule has 1 aromatic carbocycles. The lowest BCUT2D eigenvalue weighted by atomic mass is 10.1. The van der Waals surface area contributed by atoms with Crippen molar-refractivity contribution < 1.29 is 0 Å². The van der Waals surface area contributed by atoms with Crippen molar-refractivity contribution >= 4 is 24.0 Å². The molecule has 0 saturated carbocycles. The molecule has 1 atom stereocenters.